The van der Waals surface area contributed by atoms with Crippen LogP contribution in [0.1, 0.15) is 43.1 Å². The molecule has 0 radical (unpaired) electrons. The molecule has 34 heavy (non-hydrogen) atoms. The fourth-order valence-corrected chi connectivity index (χ4v) is 4.84. The third-order valence-electron chi connectivity index (χ3n) is 6.92. The Hall–Kier alpha value is -3.65. The zero-order valence-electron chi connectivity index (χ0n) is 19.0. The van der Waals surface area contributed by atoms with Gasteiger partial charge in [-0.15, -0.1) is 5.10 Å². The molecule has 4 aromatic rings. The number of hydrogen-bond acceptors (Lipinski definition) is 5. The number of fused-ring (bicyclic) bond motifs is 1. The van der Waals surface area contributed by atoms with Crippen LogP contribution < -0.4 is 11.1 Å². The predicted molar refractivity (Wildman–Crippen MR) is 131 cm³/mol. The molecule has 0 saturated heterocycles. The number of rotatable bonds is 7. The molecule has 6 N–H and O–H groups in total. The Morgan fingerprint density at radius 1 is 1.15 bits per heavy atom. The monoisotopic (exact) mass is 458 g/mol. The van der Waals surface area contributed by atoms with E-state index in [2.05, 4.69) is 32.6 Å². The van der Waals surface area contributed by atoms with Gasteiger partial charge in [-0.3, -0.25) is 9.89 Å². The van der Waals surface area contributed by atoms with Crippen LogP contribution in [0, 0.1) is 11.8 Å². The maximum atomic E-state index is 13.2. The fraction of sp³-hybridized carbons (Fsp3) is 0.346. The van der Waals surface area contributed by atoms with Gasteiger partial charge in [-0.1, -0.05) is 36.4 Å². The van der Waals surface area contributed by atoms with Gasteiger partial charge in [-0.05, 0) is 62.3 Å². The number of H-pyrrole nitrogens is 2. The molecule has 0 unspecified atom stereocenters. The third-order valence-corrected chi connectivity index (χ3v) is 6.92. The van der Waals surface area contributed by atoms with Gasteiger partial charge < -0.3 is 21.1 Å². The molecule has 5 rings (SSSR count). The summed E-state index contributed by atoms with van der Waals surface area (Å²) in [5.41, 5.74) is 9.31. The van der Waals surface area contributed by atoms with Crippen molar-refractivity contribution >= 4 is 16.8 Å². The number of aromatic amines is 2. The SMILES string of the molecule is NC[C@H]1CC[C@H](C(=O)N[C@@H](Cc2ccccc2)c2nc(-c3ccc4[nH]nc(O)c4c3)c[nH]2)CC1. The zero-order chi connectivity index (χ0) is 23.5. The zero-order valence-corrected chi connectivity index (χ0v) is 19.0. The van der Waals surface area contributed by atoms with Crippen LogP contribution in [-0.2, 0) is 11.2 Å². The van der Waals surface area contributed by atoms with Crippen LogP contribution >= 0.6 is 0 Å². The normalized spacial score (nSPS) is 19.2. The first-order chi connectivity index (χ1) is 16.6. The second-order valence-electron chi connectivity index (χ2n) is 9.18. The van der Waals surface area contributed by atoms with E-state index in [1.54, 1.807) is 0 Å². The second kappa shape index (κ2) is 9.69. The van der Waals surface area contributed by atoms with E-state index in [4.69, 9.17) is 10.7 Å². The number of aromatic hydroxyl groups is 1. The molecule has 1 fully saturated rings. The highest BCUT2D eigenvalue weighted by Gasteiger charge is 2.28. The van der Waals surface area contributed by atoms with Crippen molar-refractivity contribution in [3.05, 3.63) is 66.1 Å². The number of hydrogen-bond donors (Lipinski definition) is 5. The molecule has 8 heteroatoms. The van der Waals surface area contributed by atoms with Crippen LogP contribution in [0.3, 0.4) is 0 Å². The van der Waals surface area contributed by atoms with Gasteiger partial charge in [-0.2, -0.15) is 0 Å². The van der Waals surface area contributed by atoms with Gasteiger partial charge in [-0.25, -0.2) is 4.98 Å². The van der Waals surface area contributed by atoms with Gasteiger partial charge in [0, 0.05) is 17.7 Å². The fourth-order valence-electron chi connectivity index (χ4n) is 4.84. The molecule has 2 aromatic carbocycles. The largest absolute Gasteiger partial charge is 0.492 e. The number of amides is 1. The van der Waals surface area contributed by atoms with E-state index in [1.165, 1.54) is 0 Å². The molecular formula is C26H30N6O2. The minimum absolute atomic E-state index is 0.0157. The summed E-state index contributed by atoms with van der Waals surface area (Å²) in [6.45, 7) is 0.697. The standard InChI is InChI=1S/C26H30N6O2/c27-14-17-6-8-18(9-7-17)25(33)30-22(12-16-4-2-1-3-5-16)24-28-15-23(29-24)19-10-11-21-20(13-19)26(34)32-31-21/h1-5,10-11,13,15,17-18,22H,6-9,12,14,27H2,(H,28,29)(H,30,33)(H2,31,32,34)/t17-,18-,22-/m0/s1. The lowest BCUT2D eigenvalue weighted by Gasteiger charge is -2.28. The van der Waals surface area contributed by atoms with Gasteiger partial charge >= 0.3 is 0 Å². The summed E-state index contributed by atoms with van der Waals surface area (Å²) >= 11 is 0. The quantitative estimate of drug-likeness (QED) is 0.287. The molecule has 1 atom stereocenters. The molecule has 0 bridgehead atoms. The number of nitrogens with two attached hydrogens (primary N) is 1. The molecule has 2 aromatic heterocycles. The van der Waals surface area contributed by atoms with Crippen LogP contribution in [0.2, 0.25) is 0 Å². The number of carbonyl (C=O) groups is 1. The Morgan fingerprint density at radius 2 is 1.94 bits per heavy atom. The number of aromatic nitrogens is 4. The van der Waals surface area contributed by atoms with Crippen molar-refractivity contribution in [1.82, 2.24) is 25.5 Å². The molecule has 176 valence electrons. The van der Waals surface area contributed by atoms with Crippen LogP contribution in [0.15, 0.2) is 54.7 Å². The molecule has 1 saturated carbocycles. The highest BCUT2D eigenvalue weighted by molar-refractivity contribution is 5.87. The van der Waals surface area contributed by atoms with E-state index in [-0.39, 0.29) is 23.7 Å². The summed E-state index contributed by atoms with van der Waals surface area (Å²) < 4.78 is 0. The van der Waals surface area contributed by atoms with Crippen LogP contribution in [0.5, 0.6) is 5.88 Å². The van der Waals surface area contributed by atoms with E-state index in [0.717, 1.165) is 48.0 Å². The Bertz CT molecular complexity index is 1260. The maximum absolute atomic E-state index is 13.2. The molecular weight excluding hydrogens is 428 g/mol. The van der Waals surface area contributed by atoms with E-state index in [0.29, 0.717) is 30.1 Å². The molecule has 8 nitrogen and oxygen atoms in total. The molecule has 2 heterocycles. The number of benzene rings is 2. The average Bonchev–Trinajstić information content (AvgIpc) is 3.51. The van der Waals surface area contributed by atoms with E-state index in [1.807, 2.05) is 42.6 Å². The average molecular weight is 459 g/mol. The summed E-state index contributed by atoms with van der Waals surface area (Å²) in [7, 11) is 0. The molecule has 0 aliphatic heterocycles. The first-order valence-electron chi connectivity index (χ1n) is 11.9. The Morgan fingerprint density at radius 3 is 2.71 bits per heavy atom. The minimum atomic E-state index is -0.276. The van der Waals surface area contributed by atoms with Crippen LogP contribution in [0.4, 0.5) is 0 Å². The number of imidazole rings is 1. The third kappa shape index (κ3) is 4.68. The van der Waals surface area contributed by atoms with Crippen LogP contribution in [-0.4, -0.2) is 37.7 Å². The first-order valence-corrected chi connectivity index (χ1v) is 11.9. The highest BCUT2D eigenvalue weighted by Crippen LogP contribution is 2.30. The molecule has 1 amide bonds. The smallest absolute Gasteiger partial charge is 0.238 e. The second-order valence-corrected chi connectivity index (χ2v) is 9.18. The molecule has 1 aliphatic carbocycles. The maximum Gasteiger partial charge on any atom is 0.238 e. The van der Waals surface area contributed by atoms with Crippen molar-refractivity contribution in [3.63, 3.8) is 0 Å². The highest BCUT2D eigenvalue weighted by atomic mass is 16.3. The minimum Gasteiger partial charge on any atom is -0.492 e. The van der Waals surface area contributed by atoms with Crippen molar-refractivity contribution in [2.45, 2.75) is 38.1 Å². The Kier molecular flexibility index (Phi) is 6.31. The lowest BCUT2D eigenvalue weighted by molar-refractivity contribution is -0.127. The van der Waals surface area contributed by atoms with Gasteiger partial charge in [0.15, 0.2) is 0 Å². The van der Waals surface area contributed by atoms with Crippen molar-refractivity contribution in [3.8, 4) is 17.1 Å². The van der Waals surface area contributed by atoms with Gasteiger partial charge in [0.05, 0.1) is 22.6 Å². The van der Waals surface area contributed by atoms with Crippen molar-refractivity contribution < 1.29 is 9.90 Å². The van der Waals surface area contributed by atoms with Gasteiger partial charge in [0.25, 0.3) is 0 Å². The number of nitrogens with zero attached hydrogens (tertiary/aromatic N) is 2. The summed E-state index contributed by atoms with van der Waals surface area (Å²) in [5.74, 6) is 1.30. The van der Waals surface area contributed by atoms with Crippen molar-refractivity contribution in [2.24, 2.45) is 17.6 Å². The summed E-state index contributed by atoms with van der Waals surface area (Å²) in [5, 5.41) is 20.5. The first kappa shape index (κ1) is 22.2. The van der Waals surface area contributed by atoms with Crippen molar-refractivity contribution in [1.29, 1.82) is 0 Å². The Labute approximate surface area is 198 Å². The van der Waals surface area contributed by atoms with E-state index >= 15 is 0 Å². The van der Waals surface area contributed by atoms with E-state index in [9.17, 15) is 9.90 Å². The summed E-state index contributed by atoms with van der Waals surface area (Å²) in [6, 6.07) is 15.5. The van der Waals surface area contributed by atoms with Crippen LogP contribution in [0.25, 0.3) is 22.2 Å². The van der Waals surface area contributed by atoms with E-state index < -0.39 is 0 Å². The molecule has 0 spiro atoms. The molecule has 1 aliphatic rings. The lowest BCUT2D eigenvalue weighted by Crippen LogP contribution is -2.37. The van der Waals surface area contributed by atoms with Gasteiger partial charge in [0.1, 0.15) is 5.82 Å². The number of nitrogens with one attached hydrogen (secondary N) is 3. The van der Waals surface area contributed by atoms with Gasteiger partial charge in [0.2, 0.25) is 11.8 Å². The topological polar surface area (TPSA) is 133 Å². The van der Waals surface area contributed by atoms with Crippen molar-refractivity contribution in [2.75, 3.05) is 6.54 Å². The lowest BCUT2D eigenvalue weighted by atomic mass is 9.81. The predicted octanol–water partition coefficient (Wildman–Crippen LogP) is 3.82. The summed E-state index contributed by atoms with van der Waals surface area (Å²) in [4.78, 5) is 21.3. The number of carbonyl (C=O) groups excluding carboxylic acids is 1. The summed E-state index contributed by atoms with van der Waals surface area (Å²) in [6.07, 6.45) is 6.24. The Balaban J connectivity index is 1.38.